The Kier molecular flexibility index (Phi) is 4.18. The third-order valence-electron chi connectivity index (χ3n) is 2.13. The van der Waals surface area contributed by atoms with Crippen LogP contribution in [0.3, 0.4) is 0 Å². The average Bonchev–Trinajstić information content (AvgIpc) is 2.28. The Morgan fingerprint density at radius 3 is 0.750 bits per heavy atom. The second-order valence-electron chi connectivity index (χ2n) is 3.17. The largest absolute Gasteiger partial charge is 0.306 e. The highest BCUT2D eigenvalue weighted by molar-refractivity contribution is 5.01. The van der Waals surface area contributed by atoms with E-state index in [4.69, 9.17) is 0 Å². The molecule has 0 N–H and O–H groups in total. The van der Waals surface area contributed by atoms with Crippen LogP contribution in [0.15, 0.2) is 0 Å². The summed E-state index contributed by atoms with van der Waals surface area (Å²) in [6, 6.07) is 0. The monoisotopic (exact) mass is 300 g/mol. The molecule has 0 aromatic heterocycles. The SMILES string of the molecule is O=[N+]([O-])OC1C(O[N+](=O)[O-])C(O[N+](=O)[O-])C1O[N+](=O)[O-]. The van der Waals surface area contributed by atoms with Gasteiger partial charge in [-0.1, -0.05) is 0 Å². The Bertz CT molecular complexity index is 349. The Morgan fingerprint density at radius 2 is 0.650 bits per heavy atom. The number of rotatable bonds is 8. The van der Waals surface area contributed by atoms with Crippen molar-refractivity contribution in [2.45, 2.75) is 24.4 Å². The molecule has 0 bridgehead atoms. The van der Waals surface area contributed by atoms with Crippen molar-refractivity contribution in [3.8, 4) is 0 Å². The fourth-order valence-electron chi connectivity index (χ4n) is 1.48. The summed E-state index contributed by atoms with van der Waals surface area (Å²) in [5, 5.41) is 34.9. The first kappa shape index (κ1) is 14.9. The highest BCUT2D eigenvalue weighted by atomic mass is 17.0. The van der Waals surface area contributed by atoms with Crippen molar-refractivity contribution < 1.29 is 39.7 Å². The van der Waals surface area contributed by atoms with Crippen LogP contribution >= 0.6 is 0 Å². The van der Waals surface area contributed by atoms with Crippen LogP contribution < -0.4 is 0 Å². The molecule has 0 amide bonds. The molecule has 0 aromatic rings. The summed E-state index contributed by atoms with van der Waals surface area (Å²) in [4.78, 5) is 56.2. The van der Waals surface area contributed by atoms with E-state index in [-0.39, 0.29) is 0 Å². The van der Waals surface area contributed by atoms with Gasteiger partial charge >= 0.3 is 0 Å². The van der Waals surface area contributed by atoms with Gasteiger partial charge in [0.05, 0.1) is 0 Å². The van der Waals surface area contributed by atoms with E-state index < -0.39 is 44.8 Å². The molecule has 0 heterocycles. The maximum Gasteiger partial charge on any atom is 0.294 e. The van der Waals surface area contributed by atoms with Gasteiger partial charge < -0.3 is 19.4 Å². The van der Waals surface area contributed by atoms with Crippen LogP contribution in [0.1, 0.15) is 0 Å². The fourth-order valence-corrected chi connectivity index (χ4v) is 1.48. The van der Waals surface area contributed by atoms with E-state index in [1.54, 1.807) is 0 Å². The minimum Gasteiger partial charge on any atom is -0.306 e. The van der Waals surface area contributed by atoms with Crippen molar-refractivity contribution in [1.29, 1.82) is 0 Å². The molecule has 16 nitrogen and oxygen atoms in total. The van der Waals surface area contributed by atoms with Crippen molar-refractivity contribution in [3.63, 3.8) is 0 Å². The van der Waals surface area contributed by atoms with Gasteiger partial charge in [0.1, 0.15) is 0 Å². The summed E-state index contributed by atoms with van der Waals surface area (Å²) < 4.78 is 0. The molecule has 0 atom stereocenters. The van der Waals surface area contributed by atoms with Crippen LogP contribution in [0, 0.1) is 40.5 Å². The lowest BCUT2D eigenvalue weighted by molar-refractivity contribution is -0.856. The molecule has 0 aromatic carbocycles. The first-order valence-corrected chi connectivity index (χ1v) is 4.47. The molecule has 0 radical (unpaired) electrons. The highest BCUT2D eigenvalue weighted by Crippen LogP contribution is 2.33. The summed E-state index contributed by atoms with van der Waals surface area (Å²) in [7, 11) is 0. The molecule has 1 aliphatic rings. The first-order chi connectivity index (χ1) is 9.22. The predicted octanol–water partition coefficient (Wildman–Crippen LogP) is -1.69. The van der Waals surface area contributed by atoms with Gasteiger partial charge in [-0.3, -0.25) is 0 Å². The Morgan fingerprint density at radius 1 is 0.500 bits per heavy atom. The third-order valence-corrected chi connectivity index (χ3v) is 2.13. The topological polar surface area (TPSA) is 209 Å². The molecule has 1 saturated carbocycles. The van der Waals surface area contributed by atoms with Crippen molar-refractivity contribution in [2.24, 2.45) is 0 Å². The molecule has 112 valence electrons. The van der Waals surface area contributed by atoms with Crippen LogP contribution in [-0.2, 0) is 19.4 Å². The van der Waals surface area contributed by atoms with E-state index in [1.165, 1.54) is 0 Å². The summed E-state index contributed by atoms with van der Waals surface area (Å²) in [6.45, 7) is 0. The van der Waals surface area contributed by atoms with Gasteiger partial charge in [0.25, 0.3) is 20.3 Å². The van der Waals surface area contributed by atoms with Gasteiger partial charge in [0.15, 0.2) is 24.4 Å². The second kappa shape index (κ2) is 5.63. The zero-order chi connectivity index (χ0) is 15.4. The summed E-state index contributed by atoms with van der Waals surface area (Å²) in [6.07, 6.45) is -7.76. The van der Waals surface area contributed by atoms with E-state index in [0.29, 0.717) is 0 Å². The molecular formula is C4H4N4O12. The van der Waals surface area contributed by atoms with Crippen molar-refractivity contribution in [2.75, 3.05) is 0 Å². The second-order valence-corrected chi connectivity index (χ2v) is 3.17. The fraction of sp³-hybridized carbons (Fsp3) is 1.00. The van der Waals surface area contributed by atoms with Gasteiger partial charge in [-0.2, -0.15) is 0 Å². The molecule has 0 unspecified atom stereocenters. The van der Waals surface area contributed by atoms with Crippen molar-refractivity contribution >= 4 is 0 Å². The van der Waals surface area contributed by atoms with Crippen molar-refractivity contribution in [1.82, 2.24) is 0 Å². The van der Waals surface area contributed by atoms with Crippen LogP contribution in [0.5, 0.6) is 0 Å². The van der Waals surface area contributed by atoms with E-state index in [9.17, 15) is 40.5 Å². The van der Waals surface area contributed by atoms with E-state index in [1.807, 2.05) is 0 Å². The van der Waals surface area contributed by atoms with E-state index in [0.717, 1.165) is 0 Å². The molecular weight excluding hydrogens is 296 g/mol. The molecule has 1 fully saturated rings. The molecule has 0 aliphatic heterocycles. The predicted molar refractivity (Wildman–Crippen MR) is 47.5 cm³/mol. The smallest absolute Gasteiger partial charge is 0.294 e. The summed E-state index contributed by atoms with van der Waals surface area (Å²) in [5.74, 6) is 0. The van der Waals surface area contributed by atoms with Crippen LogP contribution in [0.4, 0.5) is 0 Å². The van der Waals surface area contributed by atoms with Crippen molar-refractivity contribution in [3.05, 3.63) is 40.5 Å². The quantitative estimate of drug-likeness (QED) is 0.362. The Hall–Kier alpha value is -3.20. The standard InChI is InChI=1S/C4H4N4O12/c9-5(10)17-1-2(18-6(11)12)4(20-8(15)16)3(1)19-7(13)14/h1-4H. The zero-order valence-corrected chi connectivity index (χ0v) is 9.00. The minimum absolute atomic E-state index is 1.42. The number of nitrogens with zero attached hydrogens (tertiary/aromatic N) is 4. The normalized spacial score (nSPS) is 27.6. The van der Waals surface area contributed by atoms with Gasteiger partial charge in [0.2, 0.25) is 0 Å². The number of hydrogen-bond acceptors (Lipinski definition) is 12. The molecule has 16 heteroatoms. The first-order valence-electron chi connectivity index (χ1n) is 4.47. The molecule has 20 heavy (non-hydrogen) atoms. The zero-order valence-electron chi connectivity index (χ0n) is 9.00. The van der Waals surface area contributed by atoms with Crippen LogP contribution in [0.2, 0.25) is 0 Å². The Balaban J connectivity index is 2.89. The lowest BCUT2D eigenvalue weighted by Gasteiger charge is -2.44. The molecule has 0 spiro atoms. The molecule has 0 saturated heterocycles. The average molecular weight is 300 g/mol. The van der Waals surface area contributed by atoms with Gasteiger partial charge in [-0.25, -0.2) is 0 Å². The highest BCUT2D eigenvalue weighted by Gasteiger charge is 2.60. The Labute approximate surface area is 106 Å². The summed E-state index contributed by atoms with van der Waals surface area (Å²) >= 11 is 0. The third kappa shape index (κ3) is 3.40. The lowest BCUT2D eigenvalue weighted by Crippen LogP contribution is -2.69. The minimum atomic E-state index is -1.94. The molecule has 1 rings (SSSR count). The van der Waals surface area contributed by atoms with Gasteiger partial charge in [-0.15, -0.1) is 40.5 Å². The molecule has 1 aliphatic carbocycles. The summed E-state index contributed by atoms with van der Waals surface area (Å²) in [5.41, 5.74) is 0. The van der Waals surface area contributed by atoms with E-state index >= 15 is 0 Å². The maximum atomic E-state index is 10.2. The lowest BCUT2D eigenvalue weighted by atomic mass is 9.84. The van der Waals surface area contributed by atoms with Gasteiger partial charge in [-0.05, 0) is 0 Å². The number of hydrogen-bond donors (Lipinski definition) is 0. The van der Waals surface area contributed by atoms with Crippen LogP contribution in [-0.4, -0.2) is 44.8 Å². The maximum absolute atomic E-state index is 10.2. The van der Waals surface area contributed by atoms with Crippen LogP contribution in [0.25, 0.3) is 0 Å². The van der Waals surface area contributed by atoms with Gasteiger partial charge in [0, 0.05) is 0 Å². The van der Waals surface area contributed by atoms with E-state index in [2.05, 4.69) is 19.4 Å².